The Morgan fingerprint density at radius 1 is 1.04 bits per heavy atom. The van der Waals surface area contributed by atoms with Crippen molar-refractivity contribution >= 4 is 27.4 Å². The first kappa shape index (κ1) is 18.9. The van der Waals surface area contributed by atoms with Crippen molar-refractivity contribution in [2.75, 3.05) is 31.1 Å². The zero-order chi connectivity index (χ0) is 18.9. The van der Waals surface area contributed by atoms with Crippen molar-refractivity contribution in [2.45, 2.75) is 11.1 Å². The van der Waals surface area contributed by atoms with Crippen LogP contribution in [0.15, 0.2) is 47.5 Å². The summed E-state index contributed by atoms with van der Waals surface area (Å²) in [5.41, 5.74) is -0.864. The highest BCUT2D eigenvalue weighted by atomic mass is 35.5. The summed E-state index contributed by atoms with van der Waals surface area (Å²) >= 11 is 5.99. The molecule has 0 bridgehead atoms. The van der Waals surface area contributed by atoms with Crippen molar-refractivity contribution in [2.24, 2.45) is 0 Å². The van der Waals surface area contributed by atoms with Crippen molar-refractivity contribution in [3.05, 3.63) is 53.2 Å². The fourth-order valence-corrected chi connectivity index (χ4v) is 4.50. The smallest absolute Gasteiger partial charge is 0.258 e. The first-order chi connectivity index (χ1) is 12.2. The van der Waals surface area contributed by atoms with Crippen LogP contribution >= 0.6 is 11.6 Å². The van der Waals surface area contributed by atoms with Gasteiger partial charge in [0.1, 0.15) is 11.2 Å². The number of nitrogens with one attached hydrogen (secondary N) is 1. The van der Waals surface area contributed by atoms with Gasteiger partial charge in [0, 0.05) is 0 Å². The number of nitrogens with zero attached hydrogens (tertiary/aromatic N) is 2. The maximum Gasteiger partial charge on any atom is 0.419 e. The number of halogens is 4. The van der Waals surface area contributed by atoms with Crippen LogP contribution in [0, 0.1) is 0 Å². The molecule has 0 spiro atoms. The van der Waals surface area contributed by atoms with Crippen LogP contribution in [0.2, 0.25) is 5.02 Å². The second kappa shape index (κ2) is 7.05. The molecule has 1 aliphatic heterocycles. The van der Waals surface area contributed by atoms with Gasteiger partial charge in [-0.25, -0.2) is 13.4 Å². The number of rotatable bonds is 3. The third kappa shape index (κ3) is 3.79. The Labute approximate surface area is 154 Å². The average Bonchev–Trinajstić information content (AvgIpc) is 2.62. The van der Waals surface area contributed by atoms with Gasteiger partial charge in [0.25, 0.3) is 5.82 Å². The molecule has 0 saturated carbocycles. The van der Waals surface area contributed by atoms with E-state index >= 15 is 0 Å². The van der Waals surface area contributed by atoms with Gasteiger partial charge in [0.15, 0.2) is 0 Å². The Morgan fingerprint density at radius 3 is 2.19 bits per heavy atom. The second-order valence-electron chi connectivity index (χ2n) is 5.79. The molecule has 1 fully saturated rings. The number of piperazine rings is 1. The number of anilines is 1. The maximum absolute atomic E-state index is 12.7. The van der Waals surface area contributed by atoms with E-state index in [1.54, 1.807) is 23.1 Å². The predicted octanol–water partition coefficient (Wildman–Crippen LogP) is 2.68. The standard InChI is InChI=1S/C16H15ClF3N3O2S/c17-14-10-12(16(18,19)20)11-21-15(14)22-6-8-23(9-7-22)26(24,25)13-4-2-1-3-5-13/h1-5,10-11H,6-9H2/p+1. The van der Waals surface area contributed by atoms with Crippen molar-refractivity contribution in [3.63, 3.8) is 0 Å². The Kier molecular flexibility index (Phi) is 5.14. The number of hydrogen-bond acceptors (Lipinski definition) is 3. The number of hydrogen-bond donors (Lipinski definition) is 0. The van der Waals surface area contributed by atoms with E-state index in [1.165, 1.54) is 16.4 Å². The van der Waals surface area contributed by atoms with E-state index in [-0.39, 0.29) is 23.0 Å². The fraction of sp³-hybridized carbons (Fsp3) is 0.312. The lowest BCUT2D eigenvalue weighted by Gasteiger charge is -2.30. The number of aromatic amines is 1. The minimum absolute atomic E-state index is 0.0563. The van der Waals surface area contributed by atoms with Crippen molar-refractivity contribution in [1.82, 2.24) is 4.31 Å². The third-order valence-electron chi connectivity index (χ3n) is 4.14. The third-order valence-corrected chi connectivity index (χ3v) is 6.34. The molecule has 1 saturated heterocycles. The zero-order valence-electron chi connectivity index (χ0n) is 13.5. The molecule has 26 heavy (non-hydrogen) atoms. The van der Waals surface area contributed by atoms with Gasteiger partial charge in [-0.05, 0) is 18.2 Å². The Bertz CT molecular complexity index is 883. The summed E-state index contributed by atoms with van der Waals surface area (Å²) < 4.78 is 64.7. The van der Waals surface area contributed by atoms with Gasteiger partial charge >= 0.3 is 6.18 Å². The Morgan fingerprint density at radius 2 is 1.65 bits per heavy atom. The second-order valence-corrected chi connectivity index (χ2v) is 8.13. The molecule has 3 rings (SSSR count). The maximum atomic E-state index is 12.7. The van der Waals surface area contributed by atoms with E-state index in [1.807, 2.05) is 0 Å². The molecule has 0 atom stereocenters. The van der Waals surface area contributed by atoms with Gasteiger partial charge in [-0.3, -0.25) is 4.90 Å². The summed E-state index contributed by atoms with van der Waals surface area (Å²) in [6.07, 6.45) is -3.63. The zero-order valence-corrected chi connectivity index (χ0v) is 15.1. The van der Waals surface area contributed by atoms with Crippen LogP contribution in [0.4, 0.5) is 19.0 Å². The number of pyridine rings is 1. The molecule has 5 nitrogen and oxygen atoms in total. The molecular formula is C16H16ClF3N3O2S+. The molecule has 10 heteroatoms. The summed E-state index contributed by atoms with van der Waals surface area (Å²) in [4.78, 5) is 4.52. The predicted molar refractivity (Wildman–Crippen MR) is 90.4 cm³/mol. The van der Waals surface area contributed by atoms with Crippen molar-refractivity contribution in [3.8, 4) is 0 Å². The summed E-state index contributed by atoms with van der Waals surface area (Å²) in [6.45, 7) is 1.05. The van der Waals surface area contributed by atoms with Crippen LogP contribution < -0.4 is 9.88 Å². The normalized spacial score (nSPS) is 16.7. The molecule has 1 aliphatic rings. The van der Waals surface area contributed by atoms with Gasteiger partial charge < -0.3 is 0 Å². The lowest BCUT2D eigenvalue weighted by Crippen LogP contribution is -2.50. The molecule has 1 aromatic heterocycles. The van der Waals surface area contributed by atoms with E-state index in [0.717, 1.165) is 12.3 Å². The summed E-state index contributed by atoms with van der Waals surface area (Å²) in [7, 11) is -3.59. The van der Waals surface area contributed by atoms with E-state index in [4.69, 9.17) is 11.6 Å². The van der Waals surface area contributed by atoms with Gasteiger partial charge in [0.05, 0.1) is 36.6 Å². The van der Waals surface area contributed by atoms with Crippen LogP contribution in [-0.4, -0.2) is 38.9 Å². The highest BCUT2D eigenvalue weighted by Gasteiger charge is 2.36. The van der Waals surface area contributed by atoms with Crippen molar-refractivity contribution in [1.29, 1.82) is 0 Å². The lowest BCUT2D eigenvalue weighted by molar-refractivity contribution is -0.367. The molecule has 0 amide bonds. The first-order valence-electron chi connectivity index (χ1n) is 7.78. The molecular weight excluding hydrogens is 391 g/mol. The highest BCUT2D eigenvalue weighted by molar-refractivity contribution is 7.89. The van der Waals surface area contributed by atoms with Gasteiger partial charge in [-0.15, -0.1) is 0 Å². The quantitative estimate of drug-likeness (QED) is 0.787. The van der Waals surface area contributed by atoms with Crippen LogP contribution in [0.25, 0.3) is 0 Å². The van der Waals surface area contributed by atoms with Gasteiger partial charge in [-0.2, -0.15) is 17.5 Å². The van der Waals surface area contributed by atoms with Crippen molar-refractivity contribution < 1.29 is 26.6 Å². The molecule has 0 radical (unpaired) electrons. The topological polar surface area (TPSA) is 54.8 Å². The largest absolute Gasteiger partial charge is 0.419 e. The van der Waals surface area contributed by atoms with Gasteiger partial charge in [0.2, 0.25) is 10.0 Å². The summed E-state index contributed by atoms with van der Waals surface area (Å²) in [6, 6.07) is 8.96. The molecule has 0 unspecified atom stereocenters. The number of aromatic nitrogens is 1. The summed E-state index contributed by atoms with van der Waals surface area (Å²) in [5, 5.41) is -0.0563. The highest BCUT2D eigenvalue weighted by Crippen LogP contribution is 2.32. The molecule has 1 N–H and O–H groups in total. The average molecular weight is 407 g/mol. The molecule has 140 valence electrons. The minimum Gasteiger partial charge on any atom is -0.258 e. The first-order valence-corrected chi connectivity index (χ1v) is 9.60. The fourth-order valence-electron chi connectivity index (χ4n) is 2.76. The van der Waals surface area contributed by atoms with E-state index < -0.39 is 21.8 Å². The van der Waals surface area contributed by atoms with E-state index in [2.05, 4.69) is 4.98 Å². The Hall–Kier alpha value is -1.84. The van der Waals surface area contributed by atoms with Crippen LogP contribution in [-0.2, 0) is 16.2 Å². The minimum atomic E-state index is -4.48. The number of alkyl halides is 3. The Balaban J connectivity index is 1.73. The molecule has 0 aliphatic carbocycles. The van der Waals surface area contributed by atoms with E-state index in [0.29, 0.717) is 18.9 Å². The van der Waals surface area contributed by atoms with E-state index in [9.17, 15) is 21.6 Å². The lowest BCUT2D eigenvalue weighted by atomic mass is 10.2. The number of H-pyrrole nitrogens is 1. The number of benzene rings is 1. The molecule has 2 heterocycles. The monoisotopic (exact) mass is 406 g/mol. The van der Waals surface area contributed by atoms with Crippen LogP contribution in [0.1, 0.15) is 5.56 Å². The number of sulfonamides is 1. The SMILES string of the molecule is O=S(=O)(c1ccccc1)N1CCN(c2[nH+]cc(C(F)(F)F)cc2Cl)CC1. The molecule has 1 aromatic carbocycles. The summed E-state index contributed by atoms with van der Waals surface area (Å²) in [5.74, 6) is 0.344. The van der Waals surface area contributed by atoms with Gasteiger partial charge in [-0.1, -0.05) is 29.8 Å². The van der Waals surface area contributed by atoms with Crippen LogP contribution in [0.5, 0.6) is 0 Å². The molecule has 2 aromatic rings. The van der Waals surface area contributed by atoms with Crippen LogP contribution in [0.3, 0.4) is 0 Å².